The number of carboxylic acid groups (broad SMARTS) is 1. The maximum absolute atomic E-state index is 12.2. The highest BCUT2D eigenvalue weighted by molar-refractivity contribution is 7.80. The highest BCUT2D eigenvalue weighted by atomic mass is 35.5. The van der Waals surface area contributed by atoms with Crippen molar-refractivity contribution < 1.29 is 19.6 Å². The molecule has 0 aliphatic carbocycles. The number of amides is 1. The van der Waals surface area contributed by atoms with Gasteiger partial charge in [-0.25, -0.2) is 4.79 Å². The van der Waals surface area contributed by atoms with E-state index in [2.05, 4.69) is 10.6 Å². The summed E-state index contributed by atoms with van der Waals surface area (Å²) in [5, 5.41) is 24.5. The van der Waals surface area contributed by atoms with Crippen molar-refractivity contribution in [2.75, 3.05) is 5.32 Å². The van der Waals surface area contributed by atoms with E-state index in [9.17, 15) is 19.7 Å². The van der Waals surface area contributed by atoms with Gasteiger partial charge in [0.25, 0.3) is 11.6 Å². The van der Waals surface area contributed by atoms with Gasteiger partial charge in [0.2, 0.25) is 0 Å². The summed E-state index contributed by atoms with van der Waals surface area (Å²) in [4.78, 5) is 33.3. The number of carbonyl (C=O) groups excluding carboxylic acids is 1. The quantitative estimate of drug-likeness (QED) is 0.396. The van der Waals surface area contributed by atoms with Crippen LogP contribution in [0.15, 0.2) is 36.4 Å². The molecule has 2 aromatic rings. The highest BCUT2D eigenvalue weighted by Gasteiger charge is 2.16. The monoisotopic (exact) mass is 413 g/mol. The van der Waals surface area contributed by atoms with Crippen LogP contribution in [0.4, 0.5) is 11.4 Å². The molecule has 0 bridgehead atoms. The molecule has 0 aromatic heterocycles. The van der Waals surface area contributed by atoms with E-state index in [1.807, 2.05) is 0 Å². The van der Waals surface area contributed by atoms with Crippen LogP contribution in [0.1, 0.15) is 20.7 Å². The zero-order valence-corrected chi connectivity index (χ0v) is 15.0. The lowest BCUT2D eigenvalue weighted by molar-refractivity contribution is -0.384. The molecule has 0 radical (unpaired) electrons. The lowest BCUT2D eigenvalue weighted by Crippen LogP contribution is -2.34. The fourth-order valence-corrected chi connectivity index (χ4v) is 2.57. The Hall–Kier alpha value is -2.75. The van der Waals surface area contributed by atoms with Crippen molar-refractivity contribution in [3.8, 4) is 0 Å². The molecule has 3 N–H and O–H groups in total. The van der Waals surface area contributed by atoms with E-state index >= 15 is 0 Å². The summed E-state index contributed by atoms with van der Waals surface area (Å²) in [6.07, 6.45) is 0. The summed E-state index contributed by atoms with van der Waals surface area (Å²) in [5.41, 5.74) is -0.102. The number of anilines is 1. The average molecular weight is 414 g/mol. The zero-order valence-electron chi connectivity index (χ0n) is 12.7. The largest absolute Gasteiger partial charge is 0.478 e. The third-order valence-electron chi connectivity index (χ3n) is 3.09. The van der Waals surface area contributed by atoms with Gasteiger partial charge in [-0.15, -0.1) is 0 Å². The molecule has 26 heavy (non-hydrogen) atoms. The van der Waals surface area contributed by atoms with Crippen molar-refractivity contribution in [1.82, 2.24) is 5.32 Å². The Balaban J connectivity index is 2.10. The number of benzene rings is 2. The highest BCUT2D eigenvalue weighted by Crippen LogP contribution is 2.23. The summed E-state index contributed by atoms with van der Waals surface area (Å²) < 4.78 is 0. The number of nitro groups is 1. The molecule has 0 fully saturated rings. The first kappa shape index (κ1) is 19.6. The molecule has 2 rings (SSSR count). The standard InChI is InChI=1S/C15H9Cl2N3O5S/c16-11-4-1-7(5-10(11)14(22)23)18-15(26)19-13(21)9-3-2-8(20(24)25)6-12(9)17/h1-6H,(H,22,23)(H2,18,19,21,26). The third kappa shape index (κ3) is 4.66. The second-order valence-corrected chi connectivity index (χ2v) is 6.05. The third-order valence-corrected chi connectivity index (χ3v) is 3.94. The number of halogens is 2. The molecule has 0 heterocycles. The zero-order chi connectivity index (χ0) is 19.4. The summed E-state index contributed by atoms with van der Waals surface area (Å²) in [6, 6.07) is 7.48. The van der Waals surface area contributed by atoms with E-state index in [1.54, 1.807) is 0 Å². The lowest BCUT2D eigenvalue weighted by atomic mass is 10.2. The molecule has 1 amide bonds. The molecule has 0 unspecified atom stereocenters. The number of nitrogens with zero attached hydrogens (tertiary/aromatic N) is 1. The molecule has 8 nitrogen and oxygen atoms in total. The molecule has 0 spiro atoms. The first-order chi connectivity index (χ1) is 12.2. The average Bonchev–Trinajstić information content (AvgIpc) is 2.55. The number of nitro benzene ring substituents is 1. The second kappa shape index (κ2) is 8.09. The molecule has 0 aliphatic rings. The van der Waals surface area contributed by atoms with E-state index in [4.69, 9.17) is 40.5 Å². The van der Waals surface area contributed by atoms with Gasteiger partial charge < -0.3 is 10.4 Å². The van der Waals surface area contributed by atoms with Crippen molar-refractivity contribution in [1.29, 1.82) is 0 Å². The predicted molar refractivity (Wildman–Crippen MR) is 100 cm³/mol. The Kier molecular flexibility index (Phi) is 6.09. The molecule has 0 saturated carbocycles. The van der Waals surface area contributed by atoms with Gasteiger partial charge in [-0.3, -0.25) is 20.2 Å². The Morgan fingerprint density at radius 2 is 1.77 bits per heavy atom. The number of hydrogen-bond acceptors (Lipinski definition) is 5. The number of hydrogen-bond donors (Lipinski definition) is 3. The van der Waals surface area contributed by atoms with Crippen LogP contribution in [0.3, 0.4) is 0 Å². The van der Waals surface area contributed by atoms with Crippen molar-refractivity contribution >= 4 is 63.8 Å². The number of carbonyl (C=O) groups is 2. The topological polar surface area (TPSA) is 122 Å². The van der Waals surface area contributed by atoms with Crippen LogP contribution in [0.5, 0.6) is 0 Å². The van der Waals surface area contributed by atoms with Gasteiger partial charge in [-0.1, -0.05) is 23.2 Å². The van der Waals surface area contributed by atoms with E-state index in [-0.39, 0.29) is 32.0 Å². The summed E-state index contributed by atoms with van der Waals surface area (Å²) in [7, 11) is 0. The van der Waals surface area contributed by atoms with E-state index in [1.165, 1.54) is 24.3 Å². The minimum absolute atomic E-state index is 0.0104. The minimum atomic E-state index is -1.22. The van der Waals surface area contributed by atoms with Crippen LogP contribution in [0, 0.1) is 10.1 Å². The SMILES string of the molecule is O=C(O)c1cc(NC(=S)NC(=O)c2ccc([N+](=O)[O-])cc2Cl)ccc1Cl. The van der Waals surface area contributed by atoms with Gasteiger partial charge >= 0.3 is 5.97 Å². The molecule has 0 atom stereocenters. The van der Waals surface area contributed by atoms with Crippen molar-refractivity contribution in [2.45, 2.75) is 0 Å². The second-order valence-electron chi connectivity index (χ2n) is 4.83. The van der Waals surface area contributed by atoms with E-state index < -0.39 is 16.8 Å². The fraction of sp³-hybridized carbons (Fsp3) is 0. The number of aromatic carboxylic acids is 1. The molecule has 2 aromatic carbocycles. The first-order valence-corrected chi connectivity index (χ1v) is 7.94. The Morgan fingerprint density at radius 3 is 2.35 bits per heavy atom. The van der Waals surface area contributed by atoms with Crippen molar-refractivity contribution in [2.24, 2.45) is 0 Å². The molecule has 134 valence electrons. The maximum atomic E-state index is 12.2. The van der Waals surface area contributed by atoms with Crippen LogP contribution in [-0.2, 0) is 0 Å². The van der Waals surface area contributed by atoms with Crippen LogP contribution < -0.4 is 10.6 Å². The predicted octanol–water partition coefficient (Wildman–Crippen LogP) is 3.73. The molecular formula is C15H9Cl2N3O5S. The van der Waals surface area contributed by atoms with Crippen molar-refractivity contribution in [3.05, 3.63) is 67.7 Å². The molecule has 0 saturated heterocycles. The number of rotatable bonds is 4. The van der Waals surface area contributed by atoms with Gasteiger partial charge in [0.1, 0.15) is 0 Å². The summed E-state index contributed by atoms with van der Waals surface area (Å²) >= 11 is 16.6. The van der Waals surface area contributed by atoms with Gasteiger partial charge in [0, 0.05) is 17.8 Å². The van der Waals surface area contributed by atoms with Crippen LogP contribution in [0.2, 0.25) is 10.0 Å². The van der Waals surface area contributed by atoms with Crippen LogP contribution >= 0.6 is 35.4 Å². The Bertz CT molecular complexity index is 935. The normalized spacial score (nSPS) is 10.1. The van der Waals surface area contributed by atoms with E-state index in [0.29, 0.717) is 5.69 Å². The van der Waals surface area contributed by atoms with E-state index in [0.717, 1.165) is 12.1 Å². The first-order valence-electron chi connectivity index (χ1n) is 6.78. The fourth-order valence-electron chi connectivity index (χ4n) is 1.90. The molecular weight excluding hydrogens is 405 g/mol. The van der Waals surface area contributed by atoms with Gasteiger partial charge in [0.05, 0.1) is 26.1 Å². The maximum Gasteiger partial charge on any atom is 0.337 e. The Labute approximate surface area is 161 Å². The van der Waals surface area contributed by atoms with Gasteiger partial charge in [-0.2, -0.15) is 0 Å². The van der Waals surface area contributed by atoms with Gasteiger partial charge in [0.15, 0.2) is 5.11 Å². The number of nitrogens with one attached hydrogen (secondary N) is 2. The van der Waals surface area contributed by atoms with Crippen molar-refractivity contribution in [3.63, 3.8) is 0 Å². The molecule has 0 aliphatic heterocycles. The minimum Gasteiger partial charge on any atom is -0.478 e. The Morgan fingerprint density at radius 1 is 1.08 bits per heavy atom. The summed E-state index contributed by atoms with van der Waals surface area (Å²) in [5.74, 6) is -1.90. The van der Waals surface area contributed by atoms with Crippen LogP contribution in [-0.4, -0.2) is 27.0 Å². The number of carboxylic acids is 1. The lowest BCUT2D eigenvalue weighted by Gasteiger charge is -2.11. The number of non-ortho nitro benzene ring substituents is 1. The number of thiocarbonyl (C=S) groups is 1. The molecule has 11 heteroatoms. The van der Waals surface area contributed by atoms with Crippen LogP contribution in [0.25, 0.3) is 0 Å². The smallest absolute Gasteiger partial charge is 0.337 e. The van der Waals surface area contributed by atoms with Gasteiger partial charge in [-0.05, 0) is 36.5 Å². The summed E-state index contributed by atoms with van der Waals surface area (Å²) in [6.45, 7) is 0.